The van der Waals surface area contributed by atoms with Gasteiger partial charge in [0, 0.05) is 12.3 Å². The molecule has 0 aliphatic heterocycles. The first kappa shape index (κ1) is 13.3. The maximum atomic E-state index is 12.1. The average Bonchev–Trinajstić information content (AvgIpc) is 2.17. The van der Waals surface area contributed by atoms with E-state index in [1.807, 2.05) is 19.9 Å². The quantitative estimate of drug-likeness (QED) is 0.806. The van der Waals surface area contributed by atoms with Gasteiger partial charge in [0.05, 0.1) is 6.61 Å². The Morgan fingerprint density at radius 3 is 2.75 bits per heavy atom. The summed E-state index contributed by atoms with van der Waals surface area (Å²) < 4.78 is 17.4. The van der Waals surface area contributed by atoms with Crippen LogP contribution in [0.3, 0.4) is 0 Å². The van der Waals surface area contributed by atoms with Crippen molar-refractivity contribution >= 4 is 7.37 Å². The number of phenols is 1. The summed E-state index contributed by atoms with van der Waals surface area (Å²) in [7, 11) is -2.55. The lowest BCUT2D eigenvalue weighted by Gasteiger charge is -2.20. The summed E-state index contributed by atoms with van der Waals surface area (Å²) in [5, 5.41) is 9.33. The van der Waals surface area contributed by atoms with Crippen molar-refractivity contribution in [2.24, 2.45) is 0 Å². The van der Waals surface area contributed by atoms with Crippen LogP contribution >= 0.6 is 7.37 Å². The molecule has 0 aliphatic carbocycles. The van der Waals surface area contributed by atoms with Crippen molar-refractivity contribution in [1.29, 1.82) is 0 Å². The number of rotatable bonds is 5. The molecule has 0 saturated carbocycles. The van der Waals surface area contributed by atoms with Gasteiger partial charge in [0.2, 0.25) is 7.37 Å². The molecule has 1 aromatic rings. The third-order valence-corrected chi connectivity index (χ3v) is 5.18. The molecule has 1 rings (SSSR count). The summed E-state index contributed by atoms with van der Waals surface area (Å²) in [5.41, 5.74) is 0.948. The van der Waals surface area contributed by atoms with Crippen LogP contribution in [0.15, 0.2) is 24.3 Å². The summed E-state index contributed by atoms with van der Waals surface area (Å²) >= 11 is 0. The van der Waals surface area contributed by atoms with Crippen LogP contribution in [0.5, 0.6) is 5.75 Å². The van der Waals surface area contributed by atoms with E-state index >= 15 is 0 Å². The van der Waals surface area contributed by atoms with Crippen LogP contribution < -0.4 is 0 Å². The van der Waals surface area contributed by atoms with Gasteiger partial charge < -0.3 is 9.63 Å². The van der Waals surface area contributed by atoms with Gasteiger partial charge in [-0.05, 0) is 31.0 Å². The monoisotopic (exact) mass is 242 g/mol. The minimum absolute atomic E-state index is 0.0331. The molecule has 0 heterocycles. The molecule has 0 aliphatic rings. The molecule has 1 unspecified atom stereocenters. The Bertz CT molecular complexity index is 390. The number of benzene rings is 1. The molecular formula is C12H19O3P. The van der Waals surface area contributed by atoms with Crippen LogP contribution in [0.1, 0.15) is 19.4 Å². The van der Waals surface area contributed by atoms with Crippen molar-refractivity contribution in [2.45, 2.75) is 25.9 Å². The first-order chi connectivity index (χ1) is 7.45. The van der Waals surface area contributed by atoms with E-state index < -0.39 is 7.37 Å². The lowest BCUT2D eigenvalue weighted by Crippen LogP contribution is -2.09. The normalized spacial score (nSPS) is 16.7. The Morgan fingerprint density at radius 1 is 1.50 bits per heavy atom. The van der Waals surface area contributed by atoms with Crippen molar-refractivity contribution < 1.29 is 14.2 Å². The maximum absolute atomic E-state index is 12.1. The van der Waals surface area contributed by atoms with Crippen LogP contribution in [-0.2, 0) is 15.5 Å². The second-order valence-corrected chi connectivity index (χ2v) is 7.01. The highest BCUT2D eigenvalue weighted by Crippen LogP contribution is 2.48. The van der Waals surface area contributed by atoms with Crippen molar-refractivity contribution in [2.75, 3.05) is 13.3 Å². The first-order valence-corrected chi connectivity index (χ1v) is 7.59. The fourth-order valence-corrected chi connectivity index (χ4v) is 2.88. The third-order valence-electron chi connectivity index (χ3n) is 2.63. The highest BCUT2D eigenvalue weighted by Gasteiger charge is 2.24. The van der Waals surface area contributed by atoms with Gasteiger partial charge in [-0.15, -0.1) is 0 Å². The Morgan fingerprint density at radius 2 is 2.19 bits per heavy atom. The average molecular weight is 242 g/mol. The van der Waals surface area contributed by atoms with Gasteiger partial charge in [0.15, 0.2) is 0 Å². The smallest absolute Gasteiger partial charge is 0.203 e. The Kier molecular flexibility index (Phi) is 4.57. The minimum atomic E-state index is -2.55. The molecule has 2 atom stereocenters. The van der Waals surface area contributed by atoms with Crippen molar-refractivity contribution in [1.82, 2.24) is 0 Å². The summed E-state index contributed by atoms with van der Waals surface area (Å²) in [6, 6.07) is 7.03. The number of hydrogen-bond donors (Lipinski definition) is 1. The predicted octanol–water partition coefficient (Wildman–Crippen LogP) is 3.27. The van der Waals surface area contributed by atoms with E-state index in [4.69, 9.17) is 4.52 Å². The zero-order chi connectivity index (χ0) is 12.2. The molecule has 0 amide bonds. The van der Waals surface area contributed by atoms with Gasteiger partial charge in [0.25, 0.3) is 0 Å². The van der Waals surface area contributed by atoms with Gasteiger partial charge in [-0.1, -0.05) is 19.1 Å². The minimum Gasteiger partial charge on any atom is -0.508 e. The lowest BCUT2D eigenvalue weighted by molar-refractivity contribution is 0.330. The fraction of sp³-hybridized carbons (Fsp3) is 0.500. The van der Waals surface area contributed by atoms with E-state index in [0.717, 1.165) is 5.56 Å². The van der Waals surface area contributed by atoms with Gasteiger partial charge >= 0.3 is 0 Å². The third kappa shape index (κ3) is 3.66. The number of aromatic hydroxyl groups is 1. The Labute approximate surface area is 96.9 Å². The van der Waals surface area contributed by atoms with Crippen molar-refractivity contribution in [3.05, 3.63) is 29.8 Å². The summed E-state index contributed by atoms with van der Waals surface area (Å²) in [6.45, 7) is 5.90. The molecule has 0 saturated heterocycles. The molecular weight excluding hydrogens is 223 g/mol. The van der Waals surface area contributed by atoms with E-state index in [1.54, 1.807) is 24.9 Å². The maximum Gasteiger partial charge on any atom is 0.203 e. The fourth-order valence-electron chi connectivity index (χ4n) is 1.57. The van der Waals surface area contributed by atoms with Crippen LogP contribution in [-0.4, -0.2) is 24.0 Å². The molecule has 1 aromatic carbocycles. The van der Waals surface area contributed by atoms with Gasteiger partial charge in [-0.2, -0.15) is 0 Å². The molecule has 0 radical (unpaired) electrons. The number of hydrogen-bond acceptors (Lipinski definition) is 3. The molecule has 1 N–H and O–H groups in total. The molecule has 0 spiro atoms. The van der Waals surface area contributed by atoms with Gasteiger partial charge in [0.1, 0.15) is 5.75 Å². The van der Waals surface area contributed by atoms with Crippen LogP contribution in [0.25, 0.3) is 0 Å². The molecule has 3 nitrogen and oxygen atoms in total. The molecule has 0 fully saturated rings. The first-order valence-electron chi connectivity index (χ1n) is 5.45. The molecule has 16 heavy (non-hydrogen) atoms. The zero-order valence-electron chi connectivity index (χ0n) is 10.0. The van der Waals surface area contributed by atoms with Crippen molar-refractivity contribution in [3.8, 4) is 5.75 Å². The van der Waals surface area contributed by atoms with E-state index in [1.165, 1.54) is 0 Å². The van der Waals surface area contributed by atoms with Crippen LogP contribution in [0.2, 0.25) is 0 Å². The number of phenolic OH excluding ortho intramolecular Hbond substituents is 1. The summed E-state index contributed by atoms with van der Waals surface area (Å²) in [6.07, 6.45) is 0.655. The Hall–Kier alpha value is -0.790. The van der Waals surface area contributed by atoms with Crippen LogP contribution in [0.4, 0.5) is 0 Å². The Balaban J connectivity index is 2.71. The largest absolute Gasteiger partial charge is 0.508 e. The summed E-state index contributed by atoms with van der Waals surface area (Å²) in [5.74, 6) is 0.243. The molecule has 0 bridgehead atoms. The molecule has 0 aromatic heterocycles. The van der Waals surface area contributed by atoms with Gasteiger partial charge in [-0.3, -0.25) is 4.57 Å². The molecule has 90 valence electrons. The zero-order valence-corrected chi connectivity index (χ0v) is 10.9. The van der Waals surface area contributed by atoms with E-state index in [0.29, 0.717) is 13.0 Å². The highest BCUT2D eigenvalue weighted by molar-refractivity contribution is 7.58. The predicted molar refractivity (Wildman–Crippen MR) is 66.4 cm³/mol. The SMILES string of the molecule is CCOP(C)(=O)[C@H](C)Cc1cccc(O)c1. The summed E-state index contributed by atoms with van der Waals surface area (Å²) in [4.78, 5) is 0. The molecule has 4 heteroatoms. The second-order valence-electron chi connectivity index (χ2n) is 4.05. The highest BCUT2D eigenvalue weighted by atomic mass is 31.2. The topological polar surface area (TPSA) is 46.5 Å². The standard InChI is InChI=1S/C12H19O3P/c1-4-15-16(3,14)10(2)8-11-6-5-7-12(13)9-11/h5-7,9-10,13H,4,8H2,1-3H3/t10-,16?/m1/s1. The van der Waals surface area contributed by atoms with Crippen LogP contribution in [0, 0.1) is 0 Å². The van der Waals surface area contributed by atoms with Gasteiger partial charge in [-0.25, -0.2) is 0 Å². The van der Waals surface area contributed by atoms with Crippen molar-refractivity contribution in [3.63, 3.8) is 0 Å². The lowest BCUT2D eigenvalue weighted by atomic mass is 10.1. The van der Waals surface area contributed by atoms with E-state index in [9.17, 15) is 9.67 Å². The second kappa shape index (κ2) is 5.51. The van der Waals surface area contributed by atoms with E-state index in [-0.39, 0.29) is 11.4 Å². The van der Waals surface area contributed by atoms with E-state index in [2.05, 4.69) is 0 Å².